The number of H-pyrrole nitrogens is 1. The number of nitrogens with one attached hydrogen (secondary N) is 1. The Morgan fingerprint density at radius 2 is 2.40 bits per heavy atom. The predicted octanol–water partition coefficient (Wildman–Crippen LogP) is 1.09. The third-order valence-electron chi connectivity index (χ3n) is 3.09. The lowest BCUT2D eigenvalue weighted by molar-refractivity contribution is 0.450. The van der Waals surface area contributed by atoms with Gasteiger partial charge in [-0.25, -0.2) is 9.67 Å². The van der Waals surface area contributed by atoms with Crippen LogP contribution in [0.15, 0.2) is 17.3 Å². The maximum Gasteiger partial charge on any atom is 0.261 e. The molecule has 0 spiro atoms. The molecule has 1 saturated carbocycles. The minimum atomic E-state index is -0.116. The first-order chi connectivity index (χ1) is 7.27. The molecular weight excluding hydrogens is 192 g/mol. The second-order valence-corrected chi connectivity index (χ2v) is 4.14. The van der Waals surface area contributed by atoms with Crippen LogP contribution in [0.25, 0.3) is 11.0 Å². The highest BCUT2D eigenvalue weighted by molar-refractivity contribution is 5.72. The standard InChI is InChI=1S/C10H12N4O/c1-6(7-2-3-7)14-9-8(4-13-14)10(15)12-5-11-9/h4-7H,2-3H2,1H3,(H,11,12,15). The summed E-state index contributed by atoms with van der Waals surface area (Å²) in [7, 11) is 0. The molecule has 0 bridgehead atoms. The van der Waals surface area contributed by atoms with E-state index in [-0.39, 0.29) is 5.56 Å². The van der Waals surface area contributed by atoms with Gasteiger partial charge in [0.25, 0.3) is 5.56 Å². The van der Waals surface area contributed by atoms with Crippen molar-refractivity contribution in [1.29, 1.82) is 0 Å². The summed E-state index contributed by atoms with van der Waals surface area (Å²) in [5.74, 6) is 0.703. The Labute approximate surface area is 86.1 Å². The Morgan fingerprint density at radius 3 is 3.13 bits per heavy atom. The van der Waals surface area contributed by atoms with Crippen LogP contribution < -0.4 is 5.56 Å². The van der Waals surface area contributed by atoms with Crippen LogP contribution in [0.2, 0.25) is 0 Å². The van der Waals surface area contributed by atoms with Crippen LogP contribution in [0, 0.1) is 5.92 Å². The Balaban J connectivity index is 2.19. The molecule has 1 N–H and O–H groups in total. The van der Waals surface area contributed by atoms with Gasteiger partial charge in [0.2, 0.25) is 0 Å². The molecule has 5 nitrogen and oxygen atoms in total. The van der Waals surface area contributed by atoms with E-state index in [4.69, 9.17) is 0 Å². The molecule has 2 heterocycles. The van der Waals surface area contributed by atoms with Gasteiger partial charge in [0, 0.05) is 0 Å². The van der Waals surface area contributed by atoms with Crippen molar-refractivity contribution in [2.24, 2.45) is 5.92 Å². The van der Waals surface area contributed by atoms with Crippen LogP contribution in [0.1, 0.15) is 25.8 Å². The van der Waals surface area contributed by atoms with Gasteiger partial charge in [-0.05, 0) is 25.7 Å². The van der Waals surface area contributed by atoms with Gasteiger partial charge in [0.1, 0.15) is 5.39 Å². The summed E-state index contributed by atoms with van der Waals surface area (Å²) in [5.41, 5.74) is 0.576. The van der Waals surface area contributed by atoms with E-state index in [0.29, 0.717) is 23.0 Å². The van der Waals surface area contributed by atoms with Crippen LogP contribution in [0.5, 0.6) is 0 Å². The molecule has 78 valence electrons. The first-order valence-electron chi connectivity index (χ1n) is 5.18. The van der Waals surface area contributed by atoms with Gasteiger partial charge in [0.15, 0.2) is 5.65 Å². The number of hydrogen-bond donors (Lipinski definition) is 1. The van der Waals surface area contributed by atoms with Gasteiger partial charge in [-0.2, -0.15) is 5.10 Å². The van der Waals surface area contributed by atoms with Crippen LogP contribution in [0.4, 0.5) is 0 Å². The average Bonchev–Trinajstić information content (AvgIpc) is 2.98. The monoisotopic (exact) mass is 204 g/mol. The van der Waals surface area contributed by atoms with Crippen molar-refractivity contribution in [1.82, 2.24) is 19.7 Å². The van der Waals surface area contributed by atoms with Gasteiger partial charge in [0.05, 0.1) is 18.6 Å². The largest absolute Gasteiger partial charge is 0.312 e. The lowest BCUT2D eigenvalue weighted by atomic mass is 10.2. The molecular formula is C10H12N4O. The van der Waals surface area contributed by atoms with Crippen molar-refractivity contribution in [3.05, 3.63) is 22.9 Å². The Kier molecular flexibility index (Phi) is 1.68. The zero-order valence-corrected chi connectivity index (χ0v) is 8.47. The maximum absolute atomic E-state index is 11.5. The number of fused-ring (bicyclic) bond motifs is 1. The molecule has 1 atom stereocenters. The minimum Gasteiger partial charge on any atom is -0.312 e. The molecule has 0 amide bonds. The molecule has 2 aromatic rings. The van der Waals surface area contributed by atoms with Gasteiger partial charge >= 0.3 is 0 Å². The number of hydrogen-bond acceptors (Lipinski definition) is 3. The Morgan fingerprint density at radius 1 is 1.60 bits per heavy atom. The fraction of sp³-hybridized carbons (Fsp3) is 0.500. The highest BCUT2D eigenvalue weighted by Crippen LogP contribution is 2.39. The molecule has 5 heteroatoms. The van der Waals surface area contributed by atoms with Gasteiger partial charge in [-0.15, -0.1) is 0 Å². The van der Waals surface area contributed by atoms with E-state index in [0.717, 1.165) is 0 Å². The lowest BCUT2D eigenvalue weighted by Gasteiger charge is -2.10. The van der Waals surface area contributed by atoms with Crippen molar-refractivity contribution >= 4 is 11.0 Å². The summed E-state index contributed by atoms with van der Waals surface area (Å²) in [6.07, 6.45) is 5.54. The van der Waals surface area contributed by atoms with E-state index in [9.17, 15) is 4.79 Å². The zero-order valence-electron chi connectivity index (χ0n) is 8.47. The molecule has 0 aliphatic heterocycles. The van der Waals surface area contributed by atoms with Gasteiger partial charge in [-0.1, -0.05) is 0 Å². The normalized spacial score (nSPS) is 18.2. The van der Waals surface area contributed by atoms with Crippen LogP contribution in [-0.2, 0) is 0 Å². The van der Waals surface area contributed by atoms with Crippen molar-refractivity contribution in [3.63, 3.8) is 0 Å². The third-order valence-corrected chi connectivity index (χ3v) is 3.09. The minimum absolute atomic E-state index is 0.116. The van der Waals surface area contributed by atoms with E-state index in [1.54, 1.807) is 6.20 Å². The van der Waals surface area contributed by atoms with E-state index in [2.05, 4.69) is 22.0 Å². The molecule has 0 saturated heterocycles. The summed E-state index contributed by atoms with van der Waals surface area (Å²) < 4.78 is 1.86. The molecule has 3 rings (SSSR count). The summed E-state index contributed by atoms with van der Waals surface area (Å²) in [5, 5.41) is 4.83. The lowest BCUT2D eigenvalue weighted by Crippen LogP contribution is -2.11. The Hall–Kier alpha value is -1.65. The van der Waals surface area contributed by atoms with Crippen molar-refractivity contribution in [3.8, 4) is 0 Å². The topological polar surface area (TPSA) is 63.6 Å². The van der Waals surface area contributed by atoms with Crippen LogP contribution in [-0.4, -0.2) is 19.7 Å². The number of rotatable bonds is 2. The van der Waals surface area contributed by atoms with E-state index < -0.39 is 0 Å². The highest BCUT2D eigenvalue weighted by Gasteiger charge is 2.30. The van der Waals surface area contributed by atoms with Crippen LogP contribution >= 0.6 is 0 Å². The molecule has 0 radical (unpaired) electrons. The molecule has 0 aromatic carbocycles. The molecule has 1 aliphatic rings. The van der Waals surface area contributed by atoms with E-state index in [1.165, 1.54) is 19.2 Å². The van der Waals surface area contributed by atoms with Crippen molar-refractivity contribution < 1.29 is 0 Å². The summed E-state index contributed by atoms with van der Waals surface area (Å²) in [4.78, 5) is 18.2. The quantitative estimate of drug-likeness (QED) is 0.796. The SMILES string of the molecule is CC(C1CC1)n1ncc2c(=O)[nH]cnc21. The van der Waals surface area contributed by atoms with Gasteiger partial charge in [-0.3, -0.25) is 4.79 Å². The summed E-state index contributed by atoms with van der Waals surface area (Å²) >= 11 is 0. The second kappa shape index (κ2) is 2.92. The Bertz CT molecular complexity index is 552. The molecule has 15 heavy (non-hydrogen) atoms. The molecule has 1 aliphatic carbocycles. The average molecular weight is 204 g/mol. The highest BCUT2D eigenvalue weighted by atomic mass is 16.1. The molecule has 1 fully saturated rings. The maximum atomic E-state index is 11.5. The third kappa shape index (κ3) is 1.26. The van der Waals surface area contributed by atoms with Crippen molar-refractivity contribution in [2.75, 3.05) is 0 Å². The van der Waals surface area contributed by atoms with Gasteiger partial charge < -0.3 is 4.98 Å². The van der Waals surface area contributed by atoms with Crippen LogP contribution in [0.3, 0.4) is 0 Å². The molecule has 1 unspecified atom stereocenters. The first kappa shape index (κ1) is 8.64. The first-order valence-corrected chi connectivity index (χ1v) is 5.18. The number of aromatic nitrogens is 4. The summed E-state index contributed by atoms with van der Waals surface area (Å²) in [6.45, 7) is 2.13. The van der Waals surface area contributed by atoms with E-state index in [1.807, 2.05) is 4.68 Å². The van der Waals surface area contributed by atoms with E-state index >= 15 is 0 Å². The zero-order chi connectivity index (χ0) is 10.4. The fourth-order valence-corrected chi connectivity index (χ4v) is 1.95. The van der Waals surface area contributed by atoms with Crippen molar-refractivity contribution in [2.45, 2.75) is 25.8 Å². The summed E-state index contributed by atoms with van der Waals surface area (Å²) in [6, 6.07) is 0.344. The molecule has 2 aromatic heterocycles. The number of nitrogens with zero attached hydrogens (tertiary/aromatic N) is 3. The fourth-order valence-electron chi connectivity index (χ4n) is 1.95. The number of aromatic amines is 1. The smallest absolute Gasteiger partial charge is 0.261 e. The second-order valence-electron chi connectivity index (χ2n) is 4.14. The predicted molar refractivity (Wildman–Crippen MR) is 55.6 cm³/mol.